The average Bonchev–Trinajstić information content (AvgIpc) is 3.56. The molecule has 1 aliphatic heterocycles. The maximum Gasteiger partial charge on any atom is 0.169 e. The fourth-order valence-corrected chi connectivity index (χ4v) is 5.13. The van der Waals surface area contributed by atoms with Crippen molar-refractivity contribution >= 4 is 44.6 Å². The number of hydrogen-bond donors (Lipinski definition) is 3. The summed E-state index contributed by atoms with van der Waals surface area (Å²) >= 11 is 1.50. The van der Waals surface area contributed by atoms with Crippen LogP contribution in [0.3, 0.4) is 0 Å². The number of hydrogen-bond acceptors (Lipinski definition) is 6. The highest BCUT2D eigenvalue weighted by Crippen LogP contribution is 2.36. The number of carbonyl (C=O) groups excluding carboxylic acids is 1. The number of Topliss-reactive ketones (excluding diaryl/α,β-unsaturated/α-hetero) is 1. The van der Waals surface area contributed by atoms with Crippen LogP contribution in [0.2, 0.25) is 0 Å². The number of thiophene rings is 1. The molecule has 7 nitrogen and oxygen atoms in total. The third-order valence-corrected chi connectivity index (χ3v) is 7.06. The maximum absolute atomic E-state index is 11.7. The van der Waals surface area contributed by atoms with Crippen molar-refractivity contribution in [3.05, 3.63) is 59.4 Å². The first-order valence-corrected chi connectivity index (χ1v) is 11.3. The van der Waals surface area contributed by atoms with Crippen molar-refractivity contribution in [2.24, 2.45) is 0 Å². The van der Waals surface area contributed by atoms with Crippen LogP contribution in [0, 0.1) is 0 Å². The second kappa shape index (κ2) is 7.51. The molecule has 3 N–H and O–H groups in total. The summed E-state index contributed by atoms with van der Waals surface area (Å²) < 4.78 is 0. The highest BCUT2D eigenvalue weighted by Gasteiger charge is 2.17. The zero-order valence-corrected chi connectivity index (χ0v) is 18.2. The predicted molar refractivity (Wildman–Crippen MR) is 128 cm³/mol. The lowest BCUT2D eigenvalue weighted by Gasteiger charge is -2.13. The van der Waals surface area contributed by atoms with Gasteiger partial charge in [-0.05, 0) is 55.8 Å². The number of aromatic nitrogens is 5. The minimum Gasteiger partial charge on any atom is -0.338 e. The molecule has 0 radical (unpaired) electrons. The smallest absolute Gasteiger partial charge is 0.169 e. The number of H-pyrrole nitrogens is 2. The number of ketones is 1. The van der Waals surface area contributed by atoms with Crippen LogP contribution in [0.4, 0.5) is 0 Å². The Hall–Kier alpha value is -3.62. The molecule has 0 saturated carbocycles. The first-order chi connectivity index (χ1) is 15.7. The van der Waals surface area contributed by atoms with Gasteiger partial charge in [-0.3, -0.25) is 14.9 Å². The second-order valence-corrected chi connectivity index (χ2v) is 8.98. The van der Waals surface area contributed by atoms with Crippen LogP contribution in [-0.2, 0) is 0 Å². The van der Waals surface area contributed by atoms with E-state index in [9.17, 15) is 4.79 Å². The van der Waals surface area contributed by atoms with E-state index < -0.39 is 0 Å². The van der Waals surface area contributed by atoms with Gasteiger partial charge in [0.15, 0.2) is 5.78 Å². The van der Waals surface area contributed by atoms with Crippen molar-refractivity contribution in [3.63, 3.8) is 0 Å². The Morgan fingerprint density at radius 3 is 2.88 bits per heavy atom. The molecule has 0 saturated heterocycles. The molecule has 1 aliphatic rings. The largest absolute Gasteiger partial charge is 0.338 e. The van der Waals surface area contributed by atoms with E-state index in [-0.39, 0.29) is 5.78 Å². The maximum atomic E-state index is 11.7. The Morgan fingerprint density at radius 2 is 2.06 bits per heavy atom. The van der Waals surface area contributed by atoms with Crippen LogP contribution in [-0.4, -0.2) is 44.0 Å². The van der Waals surface area contributed by atoms with Crippen molar-refractivity contribution in [3.8, 4) is 21.8 Å². The molecule has 32 heavy (non-hydrogen) atoms. The number of nitrogens with one attached hydrogen (secondary N) is 3. The SMILES string of the molecule is CC(=O)c1ccc(-c2ccnc3[nH]c(-c4n[nH]c5cnc(C6=CCNCC6)cc45)cc23)s1. The van der Waals surface area contributed by atoms with Crippen molar-refractivity contribution in [2.45, 2.75) is 13.3 Å². The van der Waals surface area contributed by atoms with Crippen molar-refractivity contribution in [1.29, 1.82) is 0 Å². The lowest BCUT2D eigenvalue weighted by Crippen LogP contribution is -2.20. The Bertz CT molecular complexity index is 1520. The zero-order valence-electron chi connectivity index (χ0n) is 17.4. The van der Waals surface area contributed by atoms with Crippen LogP contribution >= 0.6 is 11.3 Å². The summed E-state index contributed by atoms with van der Waals surface area (Å²) in [6, 6.07) is 10.1. The molecule has 0 atom stereocenters. The van der Waals surface area contributed by atoms with Crippen molar-refractivity contribution in [2.75, 3.05) is 13.1 Å². The Morgan fingerprint density at radius 1 is 1.12 bits per heavy atom. The summed E-state index contributed by atoms with van der Waals surface area (Å²) in [7, 11) is 0. The number of aromatic amines is 2. The van der Waals surface area contributed by atoms with Crippen molar-refractivity contribution < 1.29 is 4.79 Å². The highest BCUT2D eigenvalue weighted by molar-refractivity contribution is 7.17. The molecule has 0 unspecified atom stereocenters. The molecular formula is C24H20N6OS. The van der Waals surface area contributed by atoms with Gasteiger partial charge in [-0.1, -0.05) is 6.08 Å². The van der Waals surface area contributed by atoms with E-state index in [0.29, 0.717) is 0 Å². The summed E-state index contributed by atoms with van der Waals surface area (Å²) in [5.41, 5.74) is 6.74. The number of carbonyl (C=O) groups is 1. The standard InChI is InChI=1S/C24H20N6OS/c1-13(31)21-2-3-22(32-21)15-6-9-26-24-16(15)10-19(28-24)23-17-11-18(14-4-7-25-8-5-14)27-12-20(17)29-30-23/h2-4,6,9-12,25H,5,7-8H2,1H3,(H,26,28)(H,29,30). The summed E-state index contributed by atoms with van der Waals surface area (Å²) in [4.78, 5) is 26.1. The van der Waals surface area contributed by atoms with E-state index in [1.165, 1.54) is 16.9 Å². The summed E-state index contributed by atoms with van der Waals surface area (Å²) in [5, 5.41) is 13.1. The monoisotopic (exact) mass is 440 g/mol. The molecule has 5 aromatic rings. The molecule has 0 bridgehead atoms. The minimum atomic E-state index is 0.0811. The summed E-state index contributed by atoms with van der Waals surface area (Å²) in [6.07, 6.45) is 6.81. The Kier molecular flexibility index (Phi) is 4.48. The molecule has 0 fully saturated rings. The number of nitrogens with zero attached hydrogens (tertiary/aromatic N) is 3. The number of pyridine rings is 2. The summed E-state index contributed by atoms with van der Waals surface area (Å²) in [6.45, 7) is 3.43. The van der Waals surface area contributed by atoms with Gasteiger partial charge in [-0.2, -0.15) is 5.10 Å². The molecule has 0 aromatic carbocycles. The normalized spacial score (nSPS) is 14.2. The predicted octanol–water partition coefficient (Wildman–Crippen LogP) is 4.81. The van der Waals surface area contributed by atoms with Crippen LogP contribution < -0.4 is 5.32 Å². The van der Waals surface area contributed by atoms with Gasteiger partial charge in [0, 0.05) is 34.0 Å². The second-order valence-electron chi connectivity index (χ2n) is 7.89. The highest BCUT2D eigenvalue weighted by atomic mass is 32.1. The van der Waals surface area contributed by atoms with Crippen molar-refractivity contribution in [1.82, 2.24) is 30.5 Å². The lowest BCUT2D eigenvalue weighted by molar-refractivity contribution is 0.102. The molecular weight excluding hydrogens is 420 g/mol. The van der Waals surface area contributed by atoms with Gasteiger partial charge in [-0.15, -0.1) is 11.3 Å². The molecule has 8 heteroatoms. The van der Waals surface area contributed by atoms with Gasteiger partial charge in [-0.25, -0.2) is 4.98 Å². The third kappa shape index (κ3) is 3.16. The molecule has 0 spiro atoms. The van der Waals surface area contributed by atoms with Crippen LogP contribution in [0.25, 0.3) is 49.3 Å². The van der Waals surface area contributed by atoms with Crippen LogP contribution in [0.15, 0.2) is 48.8 Å². The topological polar surface area (TPSA) is 99.4 Å². The fraction of sp³-hybridized carbons (Fsp3) is 0.167. The first kappa shape index (κ1) is 19.1. The Balaban J connectivity index is 1.47. The first-order valence-electron chi connectivity index (χ1n) is 10.5. The van der Waals surface area contributed by atoms with E-state index in [2.05, 4.69) is 48.7 Å². The fourth-order valence-electron chi connectivity index (χ4n) is 4.19. The summed E-state index contributed by atoms with van der Waals surface area (Å²) in [5.74, 6) is 0.0811. The van der Waals surface area contributed by atoms with Gasteiger partial charge in [0.25, 0.3) is 0 Å². The molecule has 0 aliphatic carbocycles. The minimum absolute atomic E-state index is 0.0811. The van der Waals surface area contributed by atoms with Gasteiger partial charge in [0.05, 0.1) is 28.0 Å². The Labute approximate surface area is 187 Å². The third-order valence-electron chi connectivity index (χ3n) is 5.85. The van der Waals surface area contributed by atoms with Gasteiger partial charge < -0.3 is 10.3 Å². The van der Waals surface area contributed by atoms with E-state index in [0.717, 1.165) is 73.8 Å². The molecule has 158 valence electrons. The molecule has 0 amide bonds. The quantitative estimate of drug-likeness (QED) is 0.348. The van der Waals surface area contributed by atoms with Crippen LogP contribution in [0.1, 0.15) is 28.7 Å². The van der Waals surface area contributed by atoms with Crippen LogP contribution in [0.5, 0.6) is 0 Å². The van der Waals surface area contributed by atoms with Gasteiger partial charge in [0.2, 0.25) is 0 Å². The van der Waals surface area contributed by atoms with Gasteiger partial charge >= 0.3 is 0 Å². The van der Waals surface area contributed by atoms with E-state index in [4.69, 9.17) is 0 Å². The lowest BCUT2D eigenvalue weighted by atomic mass is 10.0. The van der Waals surface area contributed by atoms with Gasteiger partial charge in [0.1, 0.15) is 11.3 Å². The molecule has 6 rings (SSSR count). The van der Waals surface area contributed by atoms with E-state index >= 15 is 0 Å². The van der Waals surface area contributed by atoms with E-state index in [1.54, 1.807) is 13.1 Å². The van der Waals surface area contributed by atoms with E-state index in [1.807, 2.05) is 24.4 Å². The number of rotatable bonds is 4. The molecule has 5 aromatic heterocycles. The zero-order chi connectivity index (χ0) is 21.7. The average molecular weight is 441 g/mol. The molecule has 6 heterocycles. The number of fused-ring (bicyclic) bond motifs is 2.